The molecule has 0 aliphatic heterocycles. The molecule has 0 fully saturated rings. The average molecular weight is 241 g/mol. The molecule has 0 saturated heterocycles. The Kier molecular flexibility index (Phi) is 3.56. The van der Waals surface area contributed by atoms with E-state index < -0.39 is 10.0 Å². The largest absolute Gasteiger partial charge is 0.397 e. The van der Waals surface area contributed by atoms with Gasteiger partial charge in [-0.3, -0.25) is 0 Å². The van der Waals surface area contributed by atoms with Crippen molar-refractivity contribution in [2.24, 2.45) is 5.14 Å². The fourth-order valence-electron chi connectivity index (χ4n) is 1.15. The van der Waals surface area contributed by atoms with Crippen molar-refractivity contribution in [3.05, 3.63) is 30.9 Å². The van der Waals surface area contributed by atoms with Gasteiger partial charge in [0.2, 0.25) is 10.0 Å². The van der Waals surface area contributed by atoms with Crippen molar-refractivity contribution in [2.75, 3.05) is 11.1 Å². The van der Waals surface area contributed by atoms with Gasteiger partial charge in [0.05, 0.1) is 16.3 Å². The van der Waals surface area contributed by atoms with Crippen LogP contribution in [0.25, 0.3) is 0 Å². The Morgan fingerprint density at radius 2 is 2.12 bits per heavy atom. The van der Waals surface area contributed by atoms with Crippen molar-refractivity contribution in [3.8, 4) is 0 Å². The van der Waals surface area contributed by atoms with E-state index in [0.717, 1.165) is 0 Å². The summed E-state index contributed by atoms with van der Waals surface area (Å²) in [5.74, 6) is 0. The molecule has 1 atom stereocenters. The second-order valence-electron chi connectivity index (χ2n) is 3.46. The minimum atomic E-state index is -3.70. The number of rotatable bonds is 4. The molecule has 5 N–H and O–H groups in total. The Labute approximate surface area is 95.2 Å². The van der Waals surface area contributed by atoms with Gasteiger partial charge < -0.3 is 11.1 Å². The van der Waals surface area contributed by atoms with Crippen molar-refractivity contribution >= 4 is 21.4 Å². The normalized spacial score (nSPS) is 13.1. The number of anilines is 2. The minimum Gasteiger partial charge on any atom is -0.397 e. The van der Waals surface area contributed by atoms with Gasteiger partial charge in [-0.1, -0.05) is 6.08 Å². The van der Waals surface area contributed by atoms with E-state index in [1.807, 2.05) is 6.92 Å². The fourth-order valence-corrected chi connectivity index (χ4v) is 1.70. The standard InChI is InChI=1S/C10H15N3O2S/c1-3-7(2)13-10-5-4-8(6-9(10)11)16(12,14)15/h3-7,13H,1,11H2,2H3,(H2,12,14,15). The molecular formula is C10H15N3O2S. The van der Waals surface area contributed by atoms with Crippen molar-refractivity contribution < 1.29 is 8.42 Å². The second kappa shape index (κ2) is 4.54. The van der Waals surface area contributed by atoms with Crippen LogP contribution >= 0.6 is 0 Å². The summed E-state index contributed by atoms with van der Waals surface area (Å²) >= 11 is 0. The lowest BCUT2D eigenvalue weighted by molar-refractivity contribution is 0.598. The van der Waals surface area contributed by atoms with Crippen LogP contribution in [0.2, 0.25) is 0 Å². The number of primary sulfonamides is 1. The lowest BCUT2D eigenvalue weighted by Crippen LogP contribution is -2.15. The van der Waals surface area contributed by atoms with Crippen LogP contribution in [0.5, 0.6) is 0 Å². The van der Waals surface area contributed by atoms with Crippen molar-refractivity contribution in [1.82, 2.24) is 0 Å². The van der Waals surface area contributed by atoms with Gasteiger partial charge in [-0.15, -0.1) is 6.58 Å². The molecule has 0 radical (unpaired) electrons. The molecule has 0 heterocycles. The van der Waals surface area contributed by atoms with Crippen LogP contribution in [0.1, 0.15) is 6.92 Å². The maximum absolute atomic E-state index is 11.1. The lowest BCUT2D eigenvalue weighted by Gasteiger charge is -2.13. The Hall–Kier alpha value is -1.53. The summed E-state index contributed by atoms with van der Waals surface area (Å²) in [4.78, 5) is 0.00167. The zero-order valence-corrected chi connectivity index (χ0v) is 9.79. The maximum atomic E-state index is 11.1. The van der Waals surface area contributed by atoms with E-state index in [9.17, 15) is 8.42 Å². The van der Waals surface area contributed by atoms with Gasteiger partial charge in [0, 0.05) is 6.04 Å². The molecule has 1 unspecified atom stereocenters. The number of sulfonamides is 1. The van der Waals surface area contributed by atoms with Crippen LogP contribution in [-0.2, 0) is 10.0 Å². The van der Waals surface area contributed by atoms with Gasteiger partial charge >= 0.3 is 0 Å². The van der Waals surface area contributed by atoms with Gasteiger partial charge in [-0.25, -0.2) is 13.6 Å². The summed E-state index contributed by atoms with van der Waals surface area (Å²) in [7, 11) is -3.70. The summed E-state index contributed by atoms with van der Waals surface area (Å²) in [5.41, 5.74) is 6.69. The Morgan fingerprint density at radius 3 is 2.56 bits per heavy atom. The van der Waals surface area contributed by atoms with E-state index in [2.05, 4.69) is 11.9 Å². The van der Waals surface area contributed by atoms with Crippen molar-refractivity contribution in [2.45, 2.75) is 17.9 Å². The third-order valence-electron chi connectivity index (χ3n) is 2.09. The van der Waals surface area contributed by atoms with Crippen molar-refractivity contribution in [3.63, 3.8) is 0 Å². The molecule has 0 saturated carbocycles. The van der Waals surface area contributed by atoms with E-state index in [1.165, 1.54) is 12.1 Å². The van der Waals surface area contributed by atoms with Crippen LogP contribution in [0.15, 0.2) is 35.7 Å². The molecule has 0 aliphatic rings. The monoisotopic (exact) mass is 241 g/mol. The predicted molar refractivity (Wildman–Crippen MR) is 65.5 cm³/mol. The van der Waals surface area contributed by atoms with Gasteiger partial charge in [-0.05, 0) is 25.1 Å². The smallest absolute Gasteiger partial charge is 0.238 e. The van der Waals surface area contributed by atoms with Gasteiger partial charge in [0.1, 0.15) is 0 Å². The minimum absolute atomic E-state index is 0.00167. The van der Waals surface area contributed by atoms with E-state index in [-0.39, 0.29) is 10.9 Å². The SMILES string of the molecule is C=CC(C)Nc1ccc(S(N)(=O)=O)cc1N. The van der Waals surface area contributed by atoms with Crippen LogP contribution in [-0.4, -0.2) is 14.5 Å². The molecule has 16 heavy (non-hydrogen) atoms. The Bertz CT molecular complexity index is 497. The van der Waals surface area contributed by atoms with Crippen LogP contribution < -0.4 is 16.2 Å². The second-order valence-corrected chi connectivity index (χ2v) is 5.02. The molecule has 0 spiro atoms. The van der Waals surface area contributed by atoms with Crippen LogP contribution in [0, 0.1) is 0 Å². The molecule has 88 valence electrons. The molecule has 0 aliphatic carbocycles. The number of hydrogen-bond acceptors (Lipinski definition) is 4. The Balaban J connectivity index is 3.05. The van der Waals surface area contributed by atoms with Gasteiger partial charge in [-0.2, -0.15) is 0 Å². The first-order valence-electron chi connectivity index (χ1n) is 4.66. The zero-order valence-electron chi connectivity index (χ0n) is 8.97. The third kappa shape index (κ3) is 2.98. The molecule has 0 aromatic heterocycles. The number of hydrogen-bond donors (Lipinski definition) is 3. The molecule has 5 nitrogen and oxygen atoms in total. The molecule has 0 bridgehead atoms. The number of benzene rings is 1. The first-order valence-corrected chi connectivity index (χ1v) is 6.20. The van der Waals surface area contributed by atoms with Crippen LogP contribution in [0.4, 0.5) is 11.4 Å². The van der Waals surface area contributed by atoms with E-state index in [1.54, 1.807) is 12.1 Å². The first-order chi connectivity index (χ1) is 7.34. The van der Waals surface area contributed by atoms with E-state index in [0.29, 0.717) is 11.4 Å². The molecular weight excluding hydrogens is 226 g/mol. The van der Waals surface area contributed by atoms with Gasteiger partial charge in [0.25, 0.3) is 0 Å². The number of nitrogen functional groups attached to an aromatic ring is 1. The summed E-state index contributed by atoms with van der Waals surface area (Å²) in [6.45, 7) is 5.53. The topological polar surface area (TPSA) is 98.2 Å². The maximum Gasteiger partial charge on any atom is 0.238 e. The average Bonchev–Trinajstić information content (AvgIpc) is 2.19. The van der Waals surface area contributed by atoms with Gasteiger partial charge in [0.15, 0.2) is 0 Å². The molecule has 1 aromatic rings. The summed E-state index contributed by atoms with van der Waals surface area (Å²) in [5, 5.41) is 8.04. The highest BCUT2D eigenvalue weighted by atomic mass is 32.2. The summed E-state index contributed by atoms with van der Waals surface area (Å²) in [6, 6.07) is 4.36. The number of nitrogens with one attached hydrogen (secondary N) is 1. The molecule has 1 aromatic carbocycles. The van der Waals surface area contributed by atoms with E-state index >= 15 is 0 Å². The highest BCUT2D eigenvalue weighted by Gasteiger charge is 2.10. The molecule has 1 rings (SSSR count). The molecule has 0 amide bonds. The lowest BCUT2D eigenvalue weighted by atomic mass is 10.2. The quantitative estimate of drug-likeness (QED) is 0.539. The zero-order chi connectivity index (χ0) is 12.3. The third-order valence-corrected chi connectivity index (χ3v) is 3.00. The first kappa shape index (κ1) is 12.5. The fraction of sp³-hybridized carbons (Fsp3) is 0.200. The summed E-state index contributed by atoms with van der Waals surface area (Å²) in [6.07, 6.45) is 1.72. The Morgan fingerprint density at radius 1 is 1.50 bits per heavy atom. The molecule has 6 heteroatoms. The predicted octanol–water partition coefficient (Wildman–Crippen LogP) is 0.903. The number of nitrogens with two attached hydrogens (primary N) is 2. The summed E-state index contributed by atoms with van der Waals surface area (Å²) < 4.78 is 22.1. The van der Waals surface area contributed by atoms with Crippen LogP contribution in [0.3, 0.4) is 0 Å². The highest BCUT2D eigenvalue weighted by molar-refractivity contribution is 7.89. The van der Waals surface area contributed by atoms with E-state index in [4.69, 9.17) is 10.9 Å². The van der Waals surface area contributed by atoms with Crippen molar-refractivity contribution in [1.29, 1.82) is 0 Å². The highest BCUT2D eigenvalue weighted by Crippen LogP contribution is 2.22.